The van der Waals surface area contributed by atoms with Gasteiger partial charge >= 0.3 is 0 Å². The normalized spacial score (nSPS) is 36.2. The summed E-state index contributed by atoms with van der Waals surface area (Å²) in [6, 6.07) is 0.596. The van der Waals surface area contributed by atoms with Crippen molar-refractivity contribution >= 4 is 11.6 Å². The predicted molar refractivity (Wildman–Crippen MR) is 63.5 cm³/mol. The Kier molecular flexibility index (Phi) is 3.59. The molecule has 0 spiro atoms. The predicted octanol–water partition coefficient (Wildman–Crippen LogP) is 2.65. The van der Waals surface area contributed by atoms with E-state index in [1.807, 2.05) is 0 Å². The number of ether oxygens (including phenoxy) is 1. The summed E-state index contributed by atoms with van der Waals surface area (Å²) >= 11 is 5.96. The second-order valence-electron chi connectivity index (χ2n) is 5.48. The minimum absolute atomic E-state index is 0.0981. The fourth-order valence-corrected chi connectivity index (χ4v) is 3.13. The molecule has 0 bridgehead atoms. The lowest BCUT2D eigenvalue weighted by atomic mass is 10.1. The Labute approximate surface area is 97.9 Å². The van der Waals surface area contributed by atoms with Crippen LogP contribution in [0.2, 0.25) is 0 Å². The van der Waals surface area contributed by atoms with E-state index < -0.39 is 0 Å². The third kappa shape index (κ3) is 2.86. The van der Waals surface area contributed by atoms with Gasteiger partial charge in [-0.15, -0.1) is 11.6 Å². The third-order valence-corrected chi connectivity index (χ3v) is 4.03. The summed E-state index contributed by atoms with van der Waals surface area (Å²) in [6.07, 6.45) is 5.40. The Morgan fingerprint density at radius 3 is 2.80 bits per heavy atom. The van der Waals surface area contributed by atoms with Crippen LogP contribution in [-0.2, 0) is 4.74 Å². The van der Waals surface area contributed by atoms with Gasteiger partial charge in [0.2, 0.25) is 0 Å². The van der Waals surface area contributed by atoms with Crippen LogP contribution in [0.1, 0.15) is 39.5 Å². The first-order valence-electron chi connectivity index (χ1n) is 6.08. The van der Waals surface area contributed by atoms with Crippen molar-refractivity contribution in [1.29, 1.82) is 0 Å². The second-order valence-corrected chi connectivity index (χ2v) is 5.79. The number of likely N-dealkylation sites (tertiary alicyclic amines) is 1. The summed E-state index contributed by atoms with van der Waals surface area (Å²) < 4.78 is 6.02. The second kappa shape index (κ2) is 4.60. The van der Waals surface area contributed by atoms with Crippen LogP contribution in [0.5, 0.6) is 0 Å². The van der Waals surface area contributed by atoms with E-state index in [-0.39, 0.29) is 5.60 Å². The van der Waals surface area contributed by atoms with Crippen molar-refractivity contribution in [3.63, 3.8) is 0 Å². The van der Waals surface area contributed by atoms with Gasteiger partial charge in [-0.2, -0.15) is 0 Å². The van der Waals surface area contributed by atoms with Crippen molar-refractivity contribution in [3.05, 3.63) is 0 Å². The van der Waals surface area contributed by atoms with Crippen molar-refractivity contribution in [2.75, 3.05) is 19.0 Å². The number of hydrogen-bond donors (Lipinski definition) is 0. The molecular formula is C12H22ClNO. The van der Waals surface area contributed by atoms with E-state index in [1.54, 1.807) is 0 Å². The SMILES string of the molecule is CC1(C)CCC(CN2CCC[C@H]2CCl)O1. The highest BCUT2D eigenvalue weighted by atomic mass is 35.5. The van der Waals surface area contributed by atoms with Crippen LogP contribution in [0, 0.1) is 0 Å². The van der Waals surface area contributed by atoms with Crippen molar-refractivity contribution in [1.82, 2.24) is 4.90 Å². The number of rotatable bonds is 3. The Morgan fingerprint density at radius 1 is 1.40 bits per heavy atom. The van der Waals surface area contributed by atoms with E-state index in [1.165, 1.54) is 32.2 Å². The van der Waals surface area contributed by atoms with E-state index in [0.717, 1.165) is 12.4 Å². The largest absolute Gasteiger partial charge is 0.371 e. The third-order valence-electron chi connectivity index (χ3n) is 3.67. The molecule has 2 aliphatic rings. The molecule has 2 rings (SSSR count). The number of nitrogens with zero attached hydrogens (tertiary/aromatic N) is 1. The highest BCUT2D eigenvalue weighted by Crippen LogP contribution is 2.31. The molecule has 0 radical (unpaired) electrons. The van der Waals surface area contributed by atoms with Gasteiger partial charge < -0.3 is 4.74 Å². The molecule has 2 saturated heterocycles. The molecule has 0 aromatic heterocycles. The summed E-state index contributed by atoms with van der Waals surface area (Å²) in [6.45, 7) is 6.67. The van der Waals surface area contributed by atoms with E-state index >= 15 is 0 Å². The summed E-state index contributed by atoms with van der Waals surface area (Å²) in [4.78, 5) is 2.51. The molecule has 1 unspecified atom stereocenters. The van der Waals surface area contributed by atoms with E-state index in [4.69, 9.17) is 16.3 Å². The lowest BCUT2D eigenvalue weighted by Crippen LogP contribution is -2.37. The first-order chi connectivity index (χ1) is 7.11. The molecule has 0 N–H and O–H groups in total. The summed E-state index contributed by atoms with van der Waals surface area (Å²) in [5, 5.41) is 0. The topological polar surface area (TPSA) is 12.5 Å². The van der Waals surface area contributed by atoms with Crippen LogP contribution in [0.3, 0.4) is 0 Å². The van der Waals surface area contributed by atoms with Gasteiger partial charge in [0.15, 0.2) is 0 Å². The molecule has 2 fully saturated rings. The standard InChI is InChI=1S/C12H22ClNO/c1-12(2)6-5-11(15-12)9-14-7-3-4-10(14)8-13/h10-11H,3-9H2,1-2H3/t10-,11?/m0/s1. The molecule has 0 aromatic carbocycles. The van der Waals surface area contributed by atoms with Crippen LogP contribution in [0.15, 0.2) is 0 Å². The summed E-state index contributed by atoms with van der Waals surface area (Å²) in [5.41, 5.74) is 0.0981. The summed E-state index contributed by atoms with van der Waals surface area (Å²) in [7, 11) is 0. The average Bonchev–Trinajstić information content (AvgIpc) is 2.73. The monoisotopic (exact) mass is 231 g/mol. The number of alkyl halides is 1. The van der Waals surface area contributed by atoms with E-state index in [2.05, 4.69) is 18.7 Å². The van der Waals surface area contributed by atoms with Gasteiger partial charge in [0.05, 0.1) is 11.7 Å². The van der Waals surface area contributed by atoms with Crippen LogP contribution in [0.25, 0.3) is 0 Å². The van der Waals surface area contributed by atoms with Crippen LogP contribution in [-0.4, -0.2) is 41.6 Å². The first kappa shape index (κ1) is 11.7. The van der Waals surface area contributed by atoms with Gasteiger partial charge in [-0.05, 0) is 46.1 Å². The molecule has 2 heterocycles. The van der Waals surface area contributed by atoms with Crippen LogP contribution in [0.4, 0.5) is 0 Å². The van der Waals surface area contributed by atoms with Crippen LogP contribution >= 0.6 is 11.6 Å². The van der Waals surface area contributed by atoms with Crippen molar-refractivity contribution in [2.45, 2.75) is 57.3 Å². The molecule has 2 nitrogen and oxygen atoms in total. The first-order valence-corrected chi connectivity index (χ1v) is 6.62. The smallest absolute Gasteiger partial charge is 0.0710 e. The Bertz CT molecular complexity index is 220. The molecule has 0 amide bonds. The van der Waals surface area contributed by atoms with Gasteiger partial charge in [-0.1, -0.05) is 0 Å². The summed E-state index contributed by atoms with van der Waals surface area (Å²) in [5.74, 6) is 0.774. The van der Waals surface area contributed by atoms with Gasteiger partial charge in [-0.25, -0.2) is 0 Å². The van der Waals surface area contributed by atoms with Gasteiger partial charge in [-0.3, -0.25) is 4.90 Å². The van der Waals surface area contributed by atoms with Gasteiger partial charge in [0, 0.05) is 18.5 Å². The maximum absolute atomic E-state index is 6.02. The Balaban J connectivity index is 1.82. The lowest BCUT2D eigenvalue weighted by molar-refractivity contribution is -0.0292. The van der Waals surface area contributed by atoms with Crippen LogP contribution < -0.4 is 0 Å². The molecule has 2 aliphatic heterocycles. The Morgan fingerprint density at radius 2 is 2.20 bits per heavy atom. The molecular weight excluding hydrogens is 210 g/mol. The molecule has 0 saturated carbocycles. The quantitative estimate of drug-likeness (QED) is 0.693. The zero-order valence-electron chi connectivity index (χ0n) is 9.84. The van der Waals surface area contributed by atoms with Gasteiger partial charge in [0.1, 0.15) is 0 Å². The molecule has 0 aromatic rings. The van der Waals surface area contributed by atoms with E-state index in [0.29, 0.717) is 12.1 Å². The van der Waals surface area contributed by atoms with Crippen molar-refractivity contribution < 1.29 is 4.74 Å². The number of hydrogen-bond acceptors (Lipinski definition) is 2. The zero-order chi connectivity index (χ0) is 10.9. The highest BCUT2D eigenvalue weighted by molar-refractivity contribution is 6.18. The zero-order valence-corrected chi connectivity index (χ0v) is 10.6. The molecule has 2 atom stereocenters. The molecule has 0 aliphatic carbocycles. The molecule has 15 heavy (non-hydrogen) atoms. The van der Waals surface area contributed by atoms with E-state index in [9.17, 15) is 0 Å². The lowest BCUT2D eigenvalue weighted by Gasteiger charge is -2.27. The number of halogens is 1. The fraction of sp³-hybridized carbons (Fsp3) is 1.00. The fourth-order valence-electron chi connectivity index (χ4n) is 2.78. The maximum Gasteiger partial charge on any atom is 0.0710 e. The average molecular weight is 232 g/mol. The highest BCUT2D eigenvalue weighted by Gasteiger charge is 2.34. The Hall–Kier alpha value is 0.210. The molecule has 88 valence electrons. The molecule has 3 heteroatoms. The maximum atomic E-state index is 6.02. The minimum atomic E-state index is 0.0981. The minimum Gasteiger partial charge on any atom is -0.371 e. The van der Waals surface area contributed by atoms with Crippen molar-refractivity contribution in [3.8, 4) is 0 Å². The van der Waals surface area contributed by atoms with Crippen molar-refractivity contribution in [2.24, 2.45) is 0 Å². The van der Waals surface area contributed by atoms with Gasteiger partial charge in [0.25, 0.3) is 0 Å².